The van der Waals surface area contributed by atoms with Crippen molar-refractivity contribution in [1.82, 2.24) is 14.8 Å². The van der Waals surface area contributed by atoms with Crippen molar-refractivity contribution in [3.8, 4) is 5.75 Å². The molecule has 1 fully saturated rings. The lowest BCUT2D eigenvalue weighted by atomic mass is 10.0. The van der Waals surface area contributed by atoms with E-state index in [1.165, 1.54) is 19.2 Å². The first-order valence-corrected chi connectivity index (χ1v) is 10.7. The van der Waals surface area contributed by atoms with Crippen LogP contribution in [0, 0.1) is 12.7 Å². The Labute approximate surface area is 191 Å². The van der Waals surface area contributed by atoms with Gasteiger partial charge >= 0.3 is 5.97 Å². The van der Waals surface area contributed by atoms with Gasteiger partial charge in [0.15, 0.2) is 0 Å². The Morgan fingerprint density at radius 2 is 1.70 bits per heavy atom. The molecule has 0 saturated carbocycles. The molecule has 2 aromatic carbocycles. The third kappa shape index (κ3) is 4.66. The van der Waals surface area contributed by atoms with Crippen molar-refractivity contribution in [2.45, 2.75) is 13.0 Å². The molecule has 1 aromatic heterocycles. The molecule has 8 heteroatoms. The van der Waals surface area contributed by atoms with E-state index in [1.807, 2.05) is 36.1 Å². The fourth-order valence-corrected chi connectivity index (χ4v) is 4.19. The van der Waals surface area contributed by atoms with Gasteiger partial charge in [0.05, 0.1) is 31.0 Å². The molecule has 7 nitrogen and oxygen atoms in total. The van der Waals surface area contributed by atoms with Crippen molar-refractivity contribution in [1.29, 1.82) is 0 Å². The van der Waals surface area contributed by atoms with E-state index in [0.717, 1.165) is 10.9 Å². The summed E-state index contributed by atoms with van der Waals surface area (Å²) in [7, 11) is 2.94. The van der Waals surface area contributed by atoms with E-state index in [4.69, 9.17) is 9.47 Å². The number of methoxy groups -OCH3 is 2. The normalized spacial score (nSPS) is 15.3. The molecule has 0 bridgehead atoms. The number of amides is 1. The Kier molecular flexibility index (Phi) is 6.55. The van der Waals surface area contributed by atoms with E-state index in [9.17, 15) is 14.0 Å². The van der Waals surface area contributed by atoms with Crippen LogP contribution in [0.4, 0.5) is 4.39 Å². The van der Waals surface area contributed by atoms with Gasteiger partial charge in [0.2, 0.25) is 0 Å². The Morgan fingerprint density at radius 3 is 2.33 bits per heavy atom. The summed E-state index contributed by atoms with van der Waals surface area (Å²) >= 11 is 0. The average Bonchev–Trinajstić information content (AvgIpc) is 2.84. The Balaban J connectivity index is 1.51. The standard InChI is InChI=1S/C25H26FN3O4/c1-16-21(14-18-6-9-20(32-2)15-22(18)27-16)24(30)29-12-10-28(11-13-29)23(25(31)33-3)17-4-7-19(26)8-5-17/h4-9,14-15,23H,10-13H2,1-3H3. The predicted octanol–water partition coefficient (Wildman–Crippen LogP) is 3.36. The molecule has 33 heavy (non-hydrogen) atoms. The number of hydrogen-bond donors (Lipinski definition) is 0. The van der Waals surface area contributed by atoms with Gasteiger partial charge in [-0.05, 0) is 42.8 Å². The molecule has 1 aliphatic rings. The number of halogens is 1. The minimum atomic E-state index is -0.646. The number of ether oxygens (including phenoxy) is 2. The highest BCUT2D eigenvalue weighted by molar-refractivity contribution is 5.99. The number of esters is 1. The van der Waals surface area contributed by atoms with Gasteiger partial charge in [0.25, 0.3) is 5.91 Å². The fourth-order valence-electron chi connectivity index (χ4n) is 4.19. The van der Waals surface area contributed by atoms with Crippen LogP contribution in [0.2, 0.25) is 0 Å². The van der Waals surface area contributed by atoms with E-state index in [2.05, 4.69) is 4.98 Å². The third-order valence-electron chi connectivity index (χ3n) is 6.02. The van der Waals surface area contributed by atoms with E-state index in [-0.39, 0.29) is 11.7 Å². The van der Waals surface area contributed by atoms with Gasteiger partial charge in [-0.3, -0.25) is 14.7 Å². The maximum Gasteiger partial charge on any atom is 0.327 e. The number of benzene rings is 2. The molecule has 1 aliphatic heterocycles. The number of piperazine rings is 1. The van der Waals surface area contributed by atoms with Crippen LogP contribution >= 0.6 is 0 Å². The number of rotatable bonds is 5. The summed E-state index contributed by atoms with van der Waals surface area (Å²) in [5, 5.41) is 0.866. The Hall–Kier alpha value is -3.52. The lowest BCUT2D eigenvalue weighted by molar-refractivity contribution is -0.148. The quantitative estimate of drug-likeness (QED) is 0.554. The van der Waals surface area contributed by atoms with Gasteiger partial charge in [0.1, 0.15) is 17.6 Å². The van der Waals surface area contributed by atoms with Gasteiger partial charge in [0, 0.05) is 37.6 Å². The number of nitrogens with zero attached hydrogens (tertiary/aromatic N) is 3. The number of fused-ring (bicyclic) bond motifs is 1. The molecule has 1 amide bonds. The van der Waals surface area contributed by atoms with Crippen molar-refractivity contribution in [3.05, 3.63) is 71.2 Å². The van der Waals surface area contributed by atoms with Crippen molar-refractivity contribution >= 4 is 22.8 Å². The van der Waals surface area contributed by atoms with E-state index >= 15 is 0 Å². The summed E-state index contributed by atoms with van der Waals surface area (Å²) in [5.41, 5.74) is 2.65. The molecule has 172 valence electrons. The van der Waals surface area contributed by atoms with Crippen LogP contribution in [0.25, 0.3) is 10.9 Å². The van der Waals surface area contributed by atoms with Crippen molar-refractivity contribution in [2.75, 3.05) is 40.4 Å². The molecule has 1 unspecified atom stereocenters. The number of aromatic nitrogens is 1. The summed E-state index contributed by atoms with van der Waals surface area (Å²) in [6.07, 6.45) is 0. The molecule has 1 saturated heterocycles. The van der Waals surface area contributed by atoms with Gasteiger partial charge in [-0.25, -0.2) is 9.18 Å². The van der Waals surface area contributed by atoms with Gasteiger partial charge in [-0.2, -0.15) is 0 Å². The highest BCUT2D eigenvalue weighted by Gasteiger charge is 2.33. The second-order valence-electron chi connectivity index (χ2n) is 7.99. The Morgan fingerprint density at radius 1 is 1.00 bits per heavy atom. The van der Waals surface area contributed by atoms with Gasteiger partial charge < -0.3 is 14.4 Å². The number of aryl methyl sites for hydroxylation is 1. The second kappa shape index (κ2) is 9.54. The lowest BCUT2D eigenvalue weighted by Crippen LogP contribution is -2.51. The SMILES string of the molecule is COC(=O)C(c1ccc(F)cc1)N1CCN(C(=O)c2cc3ccc(OC)cc3nc2C)CC1. The summed E-state index contributed by atoms with van der Waals surface area (Å²) in [4.78, 5) is 34.1. The number of hydrogen-bond acceptors (Lipinski definition) is 6. The smallest absolute Gasteiger partial charge is 0.327 e. The van der Waals surface area contributed by atoms with Crippen LogP contribution in [-0.4, -0.2) is 67.1 Å². The van der Waals surface area contributed by atoms with Crippen LogP contribution in [0.5, 0.6) is 5.75 Å². The number of pyridine rings is 1. The van der Waals surface area contributed by atoms with Crippen LogP contribution in [0.3, 0.4) is 0 Å². The first-order chi connectivity index (χ1) is 15.9. The van der Waals surface area contributed by atoms with Crippen molar-refractivity contribution in [2.24, 2.45) is 0 Å². The zero-order valence-electron chi connectivity index (χ0n) is 18.9. The first kappa shape index (κ1) is 22.7. The molecule has 0 spiro atoms. The first-order valence-electron chi connectivity index (χ1n) is 10.7. The van der Waals surface area contributed by atoms with E-state index < -0.39 is 12.0 Å². The number of carbonyl (C=O) groups excluding carboxylic acids is 2. The Bertz CT molecular complexity index is 1170. The molecule has 1 atom stereocenters. The summed E-state index contributed by atoms with van der Waals surface area (Å²) < 4.78 is 23.6. The maximum atomic E-state index is 13.4. The van der Waals surface area contributed by atoms with Crippen LogP contribution in [-0.2, 0) is 9.53 Å². The van der Waals surface area contributed by atoms with E-state index in [0.29, 0.717) is 48.7 Å². The highest BCUT2D eigenvalue weighted by Crippen LogP contribution is 2.26. The molecule has 3 aromatic rings. The average molecular weight is 451 g/mol. The second-order valence-corrected chi connectivity index (χ2v) is 7.99. The zero-order valence-corrected chi connectivity index (χ0v) is 18.9. The molecule has 0 aliphatic carbocycles. The van der Waals surface area contributed by atoms with Crippen molar-refractivity contribution in [3.63, 3.8) is 0 Å². The van der Waals surface area contributed by atoms with Crippen LogP contribution < -0.4 is 4.74 Å². The van der Waals surface area contributed by atoms with E-state index in [1.54, 1.807) is 24.1 Å². The van der Waals surface area contributed by atoms with Crippen LogP contribution in [0.1, 0.15) is 27.7 Å². The summed E-state index contributed by atoms with van der Waals surface area (Å²) in [6.45, 7) is 3.70. The van der Waals surface area contributed by atoms with Crippen molar-refractivity contribution < 1.29 is 23.5 Å². The minimum absolute atomic E-state index is 0.0891. The zero-order chi connectivity index (χ0) is 23.5. The van der Waals surface area contributed by atoms with Crippen LogP contribution in [0.15, 0.2) is 48.5 Å². The molecule has 0 N–H and O–H groups in total. The summed E-state index contributed by atoms with van der Waals surface area (Å²) in [6, 6.07) is 12.6. The predicted molar refractivity (Wildman–Crippen MR) is 122 cm³/mol. The van der Waals surface area contributed by atoms with Gasteiger partial charge in [-0.15, -0.1) is 0 Å². The fraction of sp³-hybridized carbons (Fsp3) is 0.320. The number of carbonyl (C=O) groups is 2. The molecule has 0 radical (unpaired) electrons. The highest BCUT2D eigenvalue weighted by atomic mass is 19.1. The largest absolute Gasteiger partial charge is 0.497 e. The molecule has 4 rings (SSSR count). The lowest BCUT2D eigenvalue weighted by Gasteiger charge is -2.38. The van der Waals surface area contributed by atoms with Gasteiger partial charge in [-0.1, -0.05) is 12.1 Å². The molecular formula is C25H26FN3O4. The summed E-state index contributed by atoms with van der Waals surface area (Å²) in [5.74, 6) is -0.151. The monoisotopic (exact) mass is 451 g/mol. The third-order valence-corrected chi connectivity index (χ3v) is 6.02. The maximum absolute atomic E-state index is 13.4. The topological polar surface area (TPSA) is 72.0 Å². The molecular weight excluding hydrogens is 425 g/mol. The molecule has 2 heterocycles. The minimum Gasteiger partial charge on any atom is -0.497 e.